The molecule has 0 aliphatic carbocycles. The standard InChI is InChI=1S/C21H18Cl2N2O5/c22-16-8-7-13(11-17(16)23)19(27)24-12-18(26)30-10-4-3-9-25-20(28)14-5-1-2-6-15(14)21(25)29/h1-2,5-8,11H,3-4,9-10,12H2,(H,24,27). The smallest absolute Gasteiger partial charge is 0.325 e. The number of ether oxygens (including phenoxy) is 1. The second-order valence-corrected chi connectivity index (χ2v) is 7.36. The van der Waals surface area contributed by atoms with E-state index in [1.807, 2.05) is 0 Å². The van der Waals surface area contributed by atoms with Gasteiger partial charge >= 0.3 is 5.97 Å². The van der Waals surface area contributed by atoms with Gasteiger partial charge in [0.25, 0.3) is 17.7 Å². The van der Waals surface area contributed by atoms with Crippen LogP contribution in [0.2, 0.25) is 10.0 Å². The molecule has 1 heterocycles. The minimum Gasteiger partial charge on any atom is -0.464 e. The van der Waals surface area contributed by atoms with Crippen molar-refractivity contribution in [3.05, 3.63) is 69.2 Å². The lowest BCUT2D eigenvalue weighted by atomic mass is 10.1. The van der Waals surface area contributed by atoms with Crippen molar-refractivity contribution in [2.24, 2.45) is 0 Å². The van der Waals surface area contributed by atoms with Gasteiger partial charge in [0, 0.05) is 12.1 Å². The molecular formula is C21H18Cl2N2O5. The van der Waals surface area contributed by atoms with E-state index in [4.69, 9.17) is 27.9 Å². The average molecular weight is 449 g/mol. The third-order valence-corrected chi connectivity index (χ3v) is 5.23. The molecule has 1 aliphatic rings. The first-order valence-corrected chi connectivity index (χ1v) is 9.98. The fraction of sp³-hybridized carbons (Fsp3) is 0.238. The number of esters is 1. The van der Waals surface area contributed by atoms with Crippen molar-refractivity contribution < 1.29 is 23.9 Å². The van der Waals surface area contributed by atoms with E-state index in [1.165, 1.54) is 23.1 Å². The molecule has 0 unspecified atom stereocenters. The molecule has 2 aromatic rings. The van der Waals surface area contributed by atoms with Crippen LogP contribution in [-0.2, 0) is 9.53 Å². The number of carbonyl (C=O) groups is 4. The van der Waals surface area contributed by atoms with Gasteiger partial charge in [0.1, 0.15) is 6.54 Å². The lowest BCUT2D eigenvalue weighted by Crippen LogP contribution is -2.31. The number of benzene rings is 2. The number of fused-ring (bicyclic) bond motifs is 1. The van der Waals surface area contributed by atoms with Crippen molar-refractivity contribution in [3.63, 3.8) is 0 Å². The van der Waals surface area contributed by atoms with Gasteiger partial charge in [-0.2, -0.15) is 0 Å². The van der Waals surface area contributed by atoms with E-state index in [2.05, 4.69) is 5.32 Å². The van der Waals surface area contributed by atoms with Gasteiger partial charge in [0.15, 0.2) is 0 Å². The molecule has 0 saturated heterocycles. The van der Waals surface area contributed by atoms with Crippen molar-refractivity contribution in [1.29, 1.82) is 0 Å². The average Bonchev–Trinajstić information content (AvgIpc) is 2.98. The van der Waals surface area contributed by atoms with Crippen LogP contribution >= 0.6 is 23.2 Å². The highest BCUT2D eigenvalue weighted by atomic mass is 35.5. The highest BCUT2D eigenvalue weighted by Crippen LogP contribution is 2.23. The van der Waals surface area contributed by atoms with Gasteiger partial charge in [-0.3, -0.25) is 24.1 Å². The highest BCUT2D eigenvalue weighted by Gasteiger charge is 2.34. The largest absolute Gasteiger partial charge is 0.464 e. The van der Waals surface area contributed by atoms with Crippen molar-refractivity contribution in [2.45, 2.75) is 12.8 Å². The summed E-state index contributed by atoms with van der Waals surface area (Å²) in [6, 6.07) is 11.1. The number of imide groups is 1. The molecule has 2 aromatic carbocycles. The quantitative estimate of drug-likeness (QED) is 0.379. The zero-order valence-electron chi connectivity index (χ0n) is 15.8. The zero-order chi connectivity index (χ0) is 21.7. The van der Waals surface area contributed by atoms with Crippen molar-refractivity contribution in [1.82, 2.24) is 10.2 Å². The number of hydrogen-bond donors (Lipinski definition) is 1. The van der Waals surface area contributed by atoms with E-state index in [0.29, 0.717) is 29.0 Å². The summed E-state index contributed by atoms with van der Waals surface area (Å²) in [5.41, 5.74) is 1.09. The monoisotopic (exact) mass is 448 g/mol. The molecule has 1 aliphatic heterocycles. The number of nitrogens with one attached hydrogen (secondary N) is 1. The van der Waals surface area contributed by atoms with E-state index >= 15 is 0 Å². The maximum atomic E-state index is 12.2. The molecule has 1 N–H and O–H groups in total. The first-order chi connectivity index (χ1) is 14.4. The second-order valence-electron chi connectivity index (χ2n) is 6.55. The number of carbonyl (C=O) groups excluding carboxylic acids is 4. The van der Waals surface area contributed by atoms with E-state index in [0.717, 1.165) is 0 Å². The van der Waals surface area contributed by atoms with Crippen LogP contribution in [0.25, 0.3) is 0 Å². The van der Waals surface area contributed by atoms with Crippen molar-refractivity contribution in [2.75, 3.05) is 19.7 Å². The number of amides is 3. The molecule has 0 saturated carbocycles. The minimum absolute atomic E-state index is 0.116. The molecule has 0 fully saturated rings. The third-order valence-electron chi connectivity index (χ3n) is 4.49. The summed E-state index contributed by atoms with van der Waals surface area (Å²) in [5, 5.41) is 3.01. The summed E-state index contributed by atoms with van der Waals surface area (Å²) < 4.78 is 5.06. The Morgan fingerprint density at radius 3 is 2.23 bits per heavy atom. The Kier molecular flexibility index (Phi) is 7.07. The normalized spacial score (nSPS) is 12.7. The molecule has 3 rings (SSSR count). The number of unbranched alkanes of at least 4 members (excludes halogenated alkanes) is 1. The molecule has 0 atom stereocenters. The molecule has 0 radical (unpaired) electrons. The Labute approximate surface area is 182 Å². The summed E-state index contributed by atoms with van der Waals surface area (Å²) in [6.07, 6.45) is 0.967. The topological polar surface area (TPSA) is 92.8 Å². The Hall–Kier alpha value is -2.90. The van der Waals surface area contributed by atoms with Crippen LogP contribution in [0.15, 0.2) is 42.5 Å². The summed E-state index contributed by atoms with van der Waals surface area (Å²) >= 11 is 11.7. The maximum absolute atomic E-state index is 12.2. The summed E-state index contributed by atoms with van der Waals surface area (Å²) in [6.45, 7) is 0.0695. The van der Waals surface area contributed by atoms with Crippen LogP contribution in [0.1, 0.15) is 43.9 Å². The Bertz CT molecular complexity index is 974. The fourth-order valence-electron chi connectivity index (χ4n) is 2.94. The van der Waals surface area contributed by atoms with Gasteiger partial charge in [0.2, 0.25) is 0 Å². The number of nitrogens with zero attached hydrogens (tertiary/aromatic N) is 1. The van der Waals surface area contributed by atoms with Crippen molar-refractivity contribution in [3.8, 4) is 0 Å². The summed E-state index contributed by atoms with van der Waals surface area (Å²) in [5.74, 6) is -1.68. The van der Waals surface area contributed by atoms with Gasteiger partial charge in [-0.1, -0.05) is 35.3 Å². The lowest BCUT2D eigenvalue weighted by Gasteiger charge is -2.13. The van der Waals surface area contributed by atoms with Crippen LogP contribution in [0.4, 0.5) is 0 Å². The summed E-state index contributed by atoms with van der Waals surface area (Å²) in [4.78, 5) is 49.5. The van der Waals surface area contributed by atoms with Gasteiger partial charge in [0.05, 0.1) is 27.8 Å². The maximum Gasteiger partial charge on any atom is 0.325 e. The van der Waals surface area contributed by atoms with E-state index in [1.54, 1.807) is 24.3 Å². The second kappa shape index (κ2) is 9.73. The van der Waals surface area contributed by atoms with Gasteiger partial charge in [-0.15, -0.1) is 0 Å². The fourth-order valence-corrected chi connectivity index (χ4v) is 3.24. The first-order valence-electron chi connectivity index (χ1n) is 9.22. The summed E-state index contributed by atoms with van der Waals surface area (Å²) in [7, 11) is 0. The van der Waals surface area contributed by atoms with Gasteiger partial charge in [-0.25, -0.2) is 0 Å². The van der Waals surface area contributed by atoms with E-state index < -0.39 is 11.9 Å². The van der Waals surface area contributed by atoms with Gasteiger partial charge in [-0.05, 0) is 43.2 Å². The molecular weight excluding hydrogens is 431 g/mol. The third kappa shape index (κ3) is 4.98. The Morgan fingerprint density at radius 1 is 0.933 bits per heavy atom. The predicted molar refractivity (Wildman–Crippen MR) is 111 cm³/mol. The molecule has 0 aromatic heterocycles. The molecule has 0 bridgehead atoms. The number of rotatable bonds is 8. The first kappa shape index (κ1) is 21.8. The van der Waals surface area contributed by atoms with Gasteiger partial charge < -0.3 is 10.1 Å². The predicted octanol–water partition coefficient (Wildman–Crippen LogP) is 3.34. The van der Waals surface area contributed by atoms with E-state index in [-0.39, 0.29) is 42.1 Å². The molecule has 9 heteroatoms. The zero-order valence-corrected chi connectivity index (χ0v) is 17.3. The van der Waals surface area contributed by atoms with E-state index in [9.17, 15) is 19.2 Å². The van der Waals surface area contributed by atoms with Crippen LogP contribution < -0.4 is 5.32 Å². The Morgan fingerprint density at radius 2 is 1.60 bits per heavy atom. The molecule has 0 spiro atoms. The minimum atomic E-state index is -0.593. The van der Waals surface area contributed by atoms with Crippen LogP contribution in [0.3, 0.4) is 0 Å². The Balaban J connectivity index is 1.34. The van der Waals surface area contributed by atoms with Crippen LogP contribution in [0, 0.1) is 0 Å². The SMILES string of the molecule is O=C(CNC(=O)c1ccc(Cl)c(Cl)c1)OCCCCN1C(=O)c2ccccc2C1=O. The molecule has 3 amide bonds. The number of halogens is 2. The van der Waals surface area contributed by atoms with Crippen molar-refractivity contribution >= 4 is 46.9 Å². The molecule has 7 nitrogen and oxygen atoms in total. The van der Waals surface area contributed by atoms with Crippen LogP contribution in [0.5, 0.6) is 0 Å². The molecule has 156 valence electrons. The van der Waals surface area contributed by atoms with Crippen LogP contribution in [-0.4, -0.2) is 48.3 Å². The number of hydrogen-bond acceptors (Lipinski definition) is 5. The molecule has 30 heavy (non-hydrogen) atoms. The highest BCUT2D eigenvalue weighted by molar-refractivity contribution is 6.42. The lowest BCUT2D eigenvalue weighted by molar-refractivity contribution is -0.142.